The lowest BCUT2D eigenvalue weighted by molar-refractivity contribution is -0.389. The average molecular weight is 349 g/mol. The summed E-state index contributed by atoms with van der Waals surface area (Å²) >= 11 is 1.78. The molecule has 2 aromatic rings. The van der Waals surface area contributed by atoms with Crippen LogP contribution in [0.3, 0.4) is 0 Å². The predicted octanol–water partition coefficient (Wildman–Crippen LogP) is 3.25. The first-order chi connectivity index (χ1) is 11.5. The van der Waals surface area contributed by atoms with Gasteiger partial charge in [0, 0.05) is 24.4 Å². The summed E-state index contributed by atoms with van der Waals surface area (Å²) < 4.78 is 1.65. The number of likely N-dealkylation sites (tertiary alicyclic amines) is 1. The lowest BCUT2D eigenvalue weighted by atomic mass is 9.98. The zero-order valence-electron chi connectivity index (χ0n) is 14.1. The quantitative estimate of drug-likeness (QED) is 0.591. The minimum absolute atomic E-state index is 0.0875. The molecular formula is C16H23N5O2S. The van der Waals surface area contributed by atoms with Crippen LogP contribution >= 0.6 is 11.3 Å². The van der Waals surface area contributed by atoms with E-state index in [0.29, 0.717) is 18.4 Å². The zero-order valence-corrected chi connectivity index (χ0v) is 14.9. The van der Waals surface area contributed by atoms with Gasteiger partial charge in [0.25, 0.3) is 0 Å². The van der Waals surface area contributed by atoms with E-state index in [1.54, 1.807) is 22.2 Å². The molecule has 24 heavy (non-hydrogen) atoms. The van der Waals surface area contributed by atoms with Crippen molar-refractivity contribution in [3.05, 3.63) is 38.5 Å². The van der Waals surface area contributed by atoms with Gasteiger partial charge in [0.1, 0.15) is 0 Å². The van der Waals surface area contributed by atoms with Crippen molar-refractivity contribution in [1.82, 2.24) is 19.7 Å². The molecule has 7 nitrogen and oxygen atoms in total. The van der Waals surface area contributed by atoms with Crippen LogP contribution in [0.15, 0.2) is 17.6 Å². The molecule has 0 N–H and O–H groups in total. The van der Waals surface area contributed by atoms with Crippen molar-refractivity contribution in [2.75, 3.05) is 19.6 Å². The second kappa shape index (κ2) is 7.40. The van der Waals surface area contributed by atoms with E-state index >= 15 is 0 Å². The SMILES string of the molecule is CC(C)c1csc([C@H]2CCCN(CCn3ccc([N+](=O)[O-])n3)C2)n1. The number of thiazole rings is 1. The summed E-state index contributed by atoms with van der Waals surface area (Å²) in [5.41, 5.74) is 1.19. The summed E-state index contributed by atoms with van der Waals surface area (Å²) in [5.74, 6) is 0.893. The van der Waals surface area contributed by atoms with Crippen molar-refractivity contribution in [2.45, 2.75) is 45.1 Å². The van der Waals surface area contributed by atoms with Crippen molar-refractivity contribution in [2.24, 2.45) is 0 Å². The number of aromatic nitrogens is 3. The molecule has 3 heterocycles. The third-order valence-electron chi connectivity index (χ3n) is 4.44. The van der Waals surface area contributed by atoms with Gasteiger partial charge in [-0.2, -0.15) is 4.68 Å². The Morgan fingerprint density at radius 1 is 1.46 bits per heavy atom. The van der Waals surface area contributed by atoms with Crippen molar-refractivity contribution < 1.29 is 4.92 Å². The van der Waals surface area contributed by atoms with Crippen molar-refractivity contribution in [3.63, 3.8) is 0 Å². The van der Waals surface area contributed by atoms with Crippen LogP contribution in [0.2, 0.25) is 0 Å². The van der Waals surface area contributed by atoms with Crippen molar-refractivity contribution in [1.29, 1.82) is 0 Å². The molecule has 3 rings (SSSR count). The largest absolute Gasteiger partial charge is 0.389 e. The first kappa shape index (κ1) is 17.0. The molecule has 0 amide bonds. The second-order valence-corrected chi connectivity index (χ2v) is 7.49. The summed E-state index contributed by atoms with van der Waals surface area (Å²) in [7, 11) is 0. The minimum atomic E-state index is -0.456. The Hall–Kier alpha value is -1.80. The topological polar surface area (TPSA) is 77.1 Å². The molecule has 0 saturated carbocycles. The lowest BCUT2D eigenvalue weighted by Gasteiger charge is -2.31. The lowest BCUT2D eigenvalue weighted by Crippen LogP contribution is -2.36. The maximum atomic E-state index is 10.7. The monoisotopic (exact) mass is 349 g/mol. The van der Waals surface area contributed by atoms with E-state index < -0.39 is 4.92 Å². The smallest absolute Gasteiger partial charge is 0.358 e. The van der Waals surface area contributed by atoms with E-state index in [4.69, 9.17) is 4.98 Å². The van der Waals surface area contributed by atoms with Gasteiger partial charge in [-0.25, -0.2) is 4.98 Å². The fourth-order valence-corrected chi connectivity index (χ4v) is 4.14. The minimum Gasteiger partial charge on any atom is -0.358 e. The molecule has 1 atom stereocenters. The number of nitrogens with zero attached hydrogens (tertiary/aromatic N) is 5. The molecule has 8 heteroatoms. The summed E-state index contributed by atoms with van der Waals surface area (Å²) in [5, 5.41) is 18.1. The fourth-order valence-electron chi connectivity index (χ4n) is 3.03. The Morgan fingerprint density at radius 3 is 2.96 bits per heavy atom. The van der Waals surface area contributed by atoms with Crippen LogP contribution in [0.1, 0.15) is 49.2 Å². The van der Waals surface area contributed by atoms with Crippen molar-refractivity contribution >= 4 is 17.2 Å². The van der Waals surface area contributed by atoms with Gasteiger partial charge in [0.05, 0.1) is 34.6 Å². The van der Waals surface area contributed by atoms with E-state index in [-0.39, 0.29) is 5.82 Å². The summed E-state index contributed by atoms with van der Waals surface area (Å²) in [4.78, 5) is 17.5. The van der Waals surface area contributed by atoms with Crippen molar-refractivity contribution in [3.8, 4) is 0 Å². The maximum absolute atomic E-state index is 10.7. The highest BCUT2D eigenvalue weighted by molar-refractivity contribution is 7.09. The Morgan fingerprint density at radius 2 is 2.29 bits per heavy atom. The summed E-state index contributed by atoms with van der Waals surface area (Å²) in [6.45, 7) is 7.97. The molecule has 0 bridgehead atoms. The molecule has 1 aliphatic heterocycles. The molecule has 130 valence electrons. The molecular weight excluding hydrogens is 326 g/mol. The molecule has 1 aliphatic rings. The molecule has 1 fully saturated rings. The van der Waals surface area contributed by atoms with E-state index in [2.05, 4.69) is 29.2 Å². The van der Waals surface area contributed by atoms with Gasteiger partial charge in [-0.05, 0) is 30.2 Å². The number of nitro groups is 1. The third-order valence-corrected chi connectivity index (χ3v) is 5.47. The Bertz CT molecular complexity index is 696. The van der Waals surface area contributed by atoms with E-state index in [1.807, 2.05) is 0 Å². The van der Waals surface area contributed by atoms with Crippen LogP contribution in [0.5, 0.6) is 0 Å². The molecule has 0 aliphatic carbocycles. The van der Waals surface area contributed by atoms with Gasteiger partial charge in [-0.15, -0.1) is 11.3 Å². The standard InChI is InChI=1S/C16H23N5O2S/c1-12(2)14-11-24-16(17-14)13-4-3-6-19(10-13)8-9-20-7-5-15(18-20)21(22)23/h5,7,11-13H,3-4,6,8-10H2,1-2H3/t13-/m0/s1. The number of piperidine rings is 1. The van der Waals surface area contributed by atoms with Crippen LogP contribution in [-0.4, -0.2) is 44.2 Å². The summed E-state index contributed by atoms with van der Waals surface area (Å²) in [6.07, 6.45) is 4.03. The normalized spacial score (nSPS) is 19.0. The van der Waals surface area contributed by atoms with Crippen LogP contribution in [-0.2, 0) is 6.54 Å². The first-order valence-corrected chi connectivity index (χ1v) is 9.26. The Kier molecular flexibility index (Phi) is 5.25. The first-order valence-electron chi connectivity index (χ1n) is 8.38. The number of hydrogen-bond donors (Lipinski definition) is 0. The van der Waals surface area contributed by atoms with E-state index in [1.165, 1.54) is 29.6 Å². The Balaban J connectivity index is 1.55. The molecule has 1 saturated heterocycles. The fraction of sp³-hybridized carbons (Fsp3) is 0.625. The van der Waals surface area contributed by atoms with Gasteiger partial charge in [-0.3, -0.25) is 0 Å². The molecule has 0 spiro atoms. The Labute approximate surface area is 145 Å². The highest BCUT2D eigenvalue weighted by Crippen LogP contribution is 2.30. The van der Waals surface area contributed by atoms with Gasteiger partial charge in [0.15, 0.2) is 0 Å². The van der Waals surface area contributed by atoms with Crippen LogP contribution in [0, 0.1) is 10.1 Å². The van der Waals surface area contributed by atoms with Gasteiger partial charge in [-0.1, -0.05) is 13.8 Å². The number of rotatable bonds is 6. The highest BCUT2D eigenvalue weighted by atomic mass is 32.1. The summed E-state index contributed by atoms with van der Waals surface area (Å²) in [6, 6.07) is 1.45. The molecule has 2 aromatic heterocycles. The molecule has 0 radical (unpaired) electrons. The average Bonchev–Trinajstić information content (AvgIpc) is 3.23. The van der Waals surface area contributed by atoms with Crippen LogP contribution < -0.4 is 0 Å². The maximum Gasteiger partial charge on any atom is 0.389 e. The van der Waals surface area contributed by atoms with Gasteiger partial charge in [0.2, 0.25) is 0 Å². The molecule has 0 unspecified atom stereocenters. The number of hydrogen-bond acceptors (Lipinski definition) is 6. The zero-order chi connectivity index (χ0) is 17.1. The third kappa shape index (κ3) is 3.99. The predicted molar refractivity (Wildman–Crippen MR) is 93.5 cm³/mol. The van der Waals surface area contributed by atoms with Crippen LogP contribution in [0.4, 0.5) is 5.82 Å². The van der Waals surface area contributed by atoms with E-state index in [9.17, 15) is 10.1 Å². The second-order valence-electron chi connectivity index (χ2n) is 6.60. The van der Waals surface area contributed by atoms with Gasteiger partial charge >= 0.3 is 5.82 Å². The van der Waals surface area contributed by atoms with Crippen LogP contribution in [0.25, 0.3) is 0 Å². The molecule has 0 aromatic carbocycles. The van der Waals surface area contributed by atoms with E-state index in [0.717, 1.165) is 19.6 Å². The van der Waals surface area contributed by atoms with Gasteiger partial charge < -0.3 is 15.0 Å². The highest BCUT2D eigenvalue weighted by Gasteiger charge is 2.24.